The lowest BCUT2D eigenvalue weighted by Crippen LogP contribution is -2.31. The minimum atomic E-state index is -0.869. The van der Waals surface area contributed by atoms with E-state index in [-0.39, 0.29) is 12.5 Å². The van der Waals surface area contributed by atoms with Gasteiger partial charge in [0.1, 0.15) is 0 Å². The van der Waals surface area contributed by atoms with Crippen molar-refractivity contribution in [2.75, 3.05) is 11.9 Å². The van der Waals surface area contributed by atoms with Crippen LogP contribution in [0, 0.1) is 0 Å². The highest BCUT2D eigenvalue weighted by Gasteiger charge is 2.07. The summed E-state index contributed by atoms with van der Waals surface area (Å²) < 4.78 is 1.01. The van der Waals surface area contributed by atoms with Gasteiger partial charge in [-0.3, -0.25) is 4.79 Å². The molecular weight excluding hydrogens is 268 g/mol. The highest BCUT2D eigenvalue weighted by Crippen LogP contribution is 2.24. The first-order valence-electron chi connectivity index (χ1n) is 4.03. The van der Waals surface area contributed by atoms with Crippen LogP contribution in [0.5, 0.6) is 0 Å². The lowest BCUT2D eigenvalue weighted by atomic mass is 10.2. The van der Waals surface area contributed by atoms with E-state index in [0.717, 1.165) is 9.47 Å². The van der Waals surface area contributed by atoms with E-state index in [9.17, 15) is 4.79 Å². The summed E-state index contributed by atoms with van der Waals surface area (Å²) >= 11 is 4.87. The van der Waals surface area contributed by atoms with Crippen LogP contribution < -0.4 is 11.1 Å². The SMILES string of the molecule is NC(CNc1cc(Br)cs1)CC(=O)O. The fourth-order valence-corrected chi connectivity index (χ4v) is 2.26. The van der Waals surface area contributed by atoms with Gasteiger partial charge in [0.05, 0.1) is 11.4 Å². The van der Waals surface area contributed by atoms with Crippen molar-refractivity contribution in [2.24, 2.45) is 5.73 Å². The minimum absolute atomic E-state index is 0.0143. The molecule has 0 bridgehead atoms. The average Bonchev–Trinajstić information content (AvgIpc) is 2.47. The zero-order valence-electron chi connectivity index (χ0n) is 7.37. The van der Waals surface area contributed by atoms with Crippen LogP contribution in [0.15, 0.2) is 15.9 Å². The van der Waals surface area contributed by atoms with E-state index in [1.165, 1.54) is 0 Å². The van der Waals surface area contributed by atoms with Gasteiger partial charge in [0.15, 0.2) is 0 Å². The quantitative estimate of drug-likeness (QED) is 0.767. The van der Waals surface area contributed by atoms with Crippen LogP contribution in [-0.4, -0.2) is 23.7 Å². The van der Waals surface area contributed by atoms with Crippen LogP contribution in [0.3, 0.4) is 0 Å². The summed E-state index contributed by atoms with van der Waals surface area (Å²) in [6.45, 7) is 0.471. The maximum absolute atomic E-state index is 10.3. The molecule has 0 saturated heterocycles. The van der Waals surface area contributed by atoms with Gasteiger partial charge >= 0.3 is 5.97 Å². The Morgan fingerprint density at radius 2 is 2.50 bits per heavy atom. The Kier molecular flexibility index (Phi) is 4.37. The van der Waals surface area contributed by atoms with Gasteiger partial charge in [0.25, 0.3) is 0 Å². The molecule has 0 aromatic carbocycles. The maximum Gasteiger partial charge on any atom is 0.304 e. The Morgan fingerprint density at radius 3 is 3.00 bits per heavy atom. The van der Waals surface area contributed by atoms with Crippen molar-refractivity contribution in [2.45, 2.75) is 12.5 Å². The number of carboxylic acid groups (broad SMARTS) is 1. The van der Waals surface area contributed by atoms with E-state index < -0.39 is 5.97 Å². The number of thiophene rings is 1. The van der Waals surface area contributed by atoms with Gasteiger partial charge in [0.2, 0.25) is 0 Å². The molecule has 0 fully saturated rings. The Bertz CT molecular complexity index is 316. The van der Waals surface area contributed by atoms with Crippen molar-refractivity contribution >= 4 is 38.2 Å². The van der Waals surface area contributed by atoms with Gasteiger partial charge in [-0.25, -0.2) is 0 Å². The number of rotatable bonds is 5. The molecule has 1 rings (SSSR count). The van der Waals surface area contributed by atoms with Crippen LogP contribution >= 0.6 is 27.3 Å². The Hall–Kier alpha value is -0.590. The molecule has 6 heteroatoms. The third-order valence-corrected chi connectivity index (χ3v) is 3.19. The molecule has 78 valence electrons. The molecule has 0 aliphatic carbocycles. The van der Waals surface area contributed by atoms with E-state index in [1.807, 2.05) is 11.4 Å². The van der Waals surface area contributed by atoms with Crippen LogP contribution in [0.1, 0.15) is 6.42 Å². The van der Waals surface area contributed by atoms with Gasteiger partial charge in [-0.1, -0.05) is 0 Å². The fourth-order valence-electron chi connectivity index (χ4n) is 0.934. The van der Waals surface area contributed by atoms with Crippen molar-refractivity contribution in [3.8, 4) is 0 Å². The fraction of sp³-hybridized carbons (Fsp3) is 0.375. The number of carboxylic acids is 1. The van der Waals surface area contributed by atoms with E-state index in [2.05, 4.69) is 21.2 Å². The lowest BCUT2D eigenvalue weighted by molar-refractivity contribution is -0.137. The second-order valence-electron chi connectivity index (χ2n) is 2.87. The minimum Gasteiger partial charge on any atom is -0.481 e. The molecular formula is C8H11BrN2O2S. The Morgan fingerprint density at radius 1 is 1.79 bits per heavy atom. The molecule has 1 atom stereocenters. The summed E-state index contributed by atoms with van der Waals surface area (Å²) in [5, 5.41) is 14.5. The van der Waals surface area contributed by atoms with Gasteiger partial charge in [-0.15, -0.1) is 11.3 Å². The number of anilines is 1. The van der Waals surface area contributed by atoms with E-state index in [0.29, 0.717) is 6.54 Å². The molecule has 1 aromatic heterocycles. The molecule has 4 N–H and O–H groups in total. The van der Waals surface area contributed by atoms with Gasteiger partial charge in [0, 0.05) is 22.4 Å². The van der Waals surface area contributed by atoms with Crippen molar-refractivity contribution in [3.05, 3.63) is 15.9 Å². The van der Waals surface area contributed by atoms with E-state index in [1.54, 1.807) is 11.3 Å². The average molecular weight is 279 g/mol. The monoisotopic (exact) mass is 278 g/mol. The molecule has 0 radical (unpaired) electrons. The normalized spacial score (nSPS) is 12.4. The topological polar surface area (TPSA) is 75.3 Å². The molecule has 1 heterocycles. The van der Waals surface area contributed by atoms with Crippen LogP contribution in [0.2, 0.25) is 0 Å². The first kappa shape index (κ1) is 11.5. The standard InChI is InChI=1S/C8H11BrN2O2S/c9-5-1-7(14-4-5)11-3-6(10)2-8(12)13/h1,4,6,11H,2-3,10H2,(H,12,13). The third kappa shape index (κ3) is 4.08. The van der Waals surface area contributed by atoms with Crippen LogP contribution in [-0.2, 0) is 4.79 Å². The van der Waals surface area contributed by atoms with Gasteiger partial charge in [-0.05, 0) is 22.0 Å². The third-order valence-electron chi connectivity index (χ3n) is 1.54. The molecule has 0 aliphatic heterocycles. The van der Waals surface area contributed by atoms with Gasteiger partial charge in [-0.2, -0.15) is 0 Å². The van der Waals surface area contributed by atoms with Crippen molar-refractivity contribution in [1.29, 1.82) is 0 Å². The highest BCUT2D eigenvalue weighted by atomic mass is 79.9. The second-order valence-corrected chi connectivity index (χ2v) is 4.69. The summed E-state index contributed by atoms with van der Waals surface area (Å²) in [5.41, 5.74) is 5.58. The Labute approximate surface area is 94.2 Å². The molecule has 0 spiro atoms. The van der Waals surface area contributed by atoms with Crippen molar-refractivity contribution in [3.63, 3.8) is 0 Å². The van der Waals surface area contributed by atoms with Crippen molar-refractivity contribution in [1.82, 2.24) is 0 Å². The van der Waals surface area contributed by atoms with Gasteiger partial charge < -0.3 is 16.2 Å². The zero-order chi connectivity index (χ0) is 10.6. The predicted octanol–water partition coefficient (Wildman–Crippen LogP) is 1.72. The van der Waals surface area contributed by atoms with Crippen LogP contribution in [0.4, 0.5) is 5.00 Å². The Balaban J connectivity index is 2.30. The molecule has 1 unspecified atom stereocenters. The summed E-state index contributed by atoms with van der Waals surface area (Å²) in [4.78, 5) is 10.3. The molecule has 4 nitrogen and oxygen atoms in total. The molecule has 0 amide bonds. The summed E-state index contributed by atoms with van der Waals surface area (Å²) in [6, 6.07) is 1.58. The first-order valence-corrected chi connectivity index (χ1v) is 5.70. The highest BCUT2D eigenvalue weighted by molar-refractivity contribution is 9.10. The van der Waals surface area contributed by atoms with E-state index in [4.69, 9.17) is 10.8 Å². The molecule has 1 aromatic rings. The number of nitrogens with one attached hydrogen (secondary N) is 1. The first-order chi connectivity index (χ1) is 6.58. The number of nitrogens with two attached hydrogens (primary N) is 1. The summed E-state index contributed by atoms with van der Waals surface area (Å²) in [5.74, 6) is -0.869. The second kappa shape index (κ2) is 5.33. The number of halogens is 1. The smallest absolute Gasteiger partial charge is 0.304 e. The number of carbonyl (C=O) groups is 1. The summed E-state index contributed by atoms with van der Waals surface area (Å²) in [6.07, 6.45) is -0.0143. The number of hydrogen-bond acceptors (Lipinski definition) is 4. The maximum atomic E-state index is 10.3. The lowest BCUT2D eigenvalue weighted by Gasteiger charge is -2.09. The van der Waals surface area contributed by atoms with E-state index >= 15 is 0 Å². The number of hydrogen-bond donors (Lipinski definition) is 3. The van der Waals surface area contributed by atoms with Crippen molar-refractivity contribution < 1.29 is 9.90 Å². The molecule has 0 aliphatic rings. The molecule has 14 heavy (non-hydrogen) atoms. The molecule has 0 saturated carbocycles. The predicted molar refractivity (Wildman–Crippen MR) is 60.7 cm³/mol. The van der Waals surface area contributed by atoms with Crippen LogP contribution in [0.25, 0.3) is 0 Å². The largest absolute Gasteiger partial charge is 0.481 e. The summed E-state index contributed by atoms with van der Waals surface area (Å²) in [7, 11) is 0. The zero-order valence-corrected chi connectivity index (χ0v) is 9.77. The number of aliphatic carboxylic acids is 1.